The Morgan fingerprint density at radius 1 is 1.37 bits per heavy atom. The lowest BCUT2D eigenvalue weighted by Crippen LogP contribution is -2.40. The highest BCUT2D eigenvalue weighted by molar-refractivity contribution is 7.89. The molecule has 19 heavy (non-hydrogen) atoms. The van der Waals surface area contributed by atoms with E-state index in [9.17, 15) is 13.2 Å². The molecule has 0 saturated carbocycles. The van der Waals surface area contributed by atoms with Crippen molar-refractivity contribution in [1.82, 2.24) is 4.72 Å². The lowest BCUT2D eigenvalue weighted by molar-refractivity contribution is -0.139. The standard InChI is InChI=1S/C12H16ClNO4S/c1-2-3-4-11(12(15)16)14-19(17,18)10-7-5-9(13)6-8-10/h5-8,11,14H,2-4H2,1H3,(H,15,16)/t11-/m1/s1. The van der Waals surface area contributed by atoms with Crippen molar-refractivity contribution in [3.05, 3.63) is 29.3 Å². The summed E-state index contributed by atoms with van der Waals surface area (Å²) < 4.78 is 26.2. The lowest BCUT2D eigenvalue weighted by Gasteiger charge is -2.14. The third-order valence-electron chi connectivity index (χ3n) is 2.57. The molecule has 0 spiro atoms. The van der Waals surface area contributed by atoms with Gasteiger partial charge in [0.15, 0.2) is 0 Å². The Balaban J connectivity index is 2.87. The number of carboxylic acid groups (broad SMARTS) is 1. The molecule has 0 bridgehead atoms. The molecule has 1 rings (SSSR count). The van der Waals surface area contributed by atoms with Crippen LogP contribution in [0.1, 0.15) is 26.2 Å². The van der Waals surface area contributed by atoms with E-state index in [2.05, 4.69) is 4.72 Å². The molecule has 0 aromatic heterocycles. The second-order valence-corrected chi connectivity index (χ2v) is 6.26. The van der Waals surface area contributed by atoms with Gasteiger partial charge in [-0.15, -0.1) is 0 Å². The number of rotatable bonds is 7. The quantitative estimate of drug-likeness (QED) is 0.809. The summed E-state index contributed by atoms with van der Waals surface area (Å²) in [5.74, 6) is -1.18. The fraction of sp³-hybridized carbons (Fsp3) is 0.417. The number of hydrogen-bond acceptors (Lipinski definition) is 3. The molecule has 106 valence electrons. The van der Waals surface area contributed by atoms with Crippen molar-refractivity contribution in [3.8, 4) is 0 Å². The highest BCUT2D eigenvalue weighted by Gasteiger charge is 2.24. The van der Waals surface area contributed by atoms with Crippen molar-refractivity contribution < 1.29 is 18.3 Å². The van der Waals surface area contributed by atoms with Crippen molar-refractivity contribution in [1.29, 1.82) is 0 Å². The fourth-order valence-corrected chi connectivity index (χ4v) is 2.86. The number of halogens is 1. The summed E-state index contributed by atoms with van der Waals surface area (Å²) in [6.07, 6.45) is 1.70. The van der Waals surface area contributed by atoms with Crippen LogP contribution in [-0.4, -0.2) is 25.5 Å². The molecular formula is C12H16ClNO4S. The van der Waals surface area contributed by atoms with Gasteiger partial charge in [-0.1, -0.05) is 31.4 Å². The molecular weight excluding hydrogens is 290 g/mol. The molecule has 0 aliphatic rings. The van der Waals surface area contributed by atoms with E-state index in [0.29, 0.717) is 11.4 Å². The van der Waals surface area contributed by atoms with Crippen molar-refractivity contribution >= 4 is 27.6 Å². The first-order valence-corrected chi connectivity index (χ1v) is 7.73. The number of aliphatic carboxylic acids is 1. The number of nitrogens with one attached hydrogen (secondary N) is 1. The van der Waals surface area contributed by atoms with Crippen LogP contribution in [0.4, 0.5) is 0 Å². The first kappa shape index (κ1) is 15.9. The van der Waals surface area contributed by atoms with E-state index in [1.54, 1.807) is 0 Å². The van der Waals surface area contributed by atoms with Crippen LogP contribution < -0.4 is 4.72 Å². The van der Waals surface area contributed by atoms with Crippen LogP contribution >= 0.6 is 11.6 Å². The van der Waals surface area contributed by atoms with Crippen LogP contribution in [0.2, 0.25) is 5.02 Å². The predicted molar refractivity (Wildman–Crippen MR) is 72.7 cm³/mol. The number of carbonyl (C=O) groups is 1. The minimum Gasteiger partial charge on any atom is -0.480 e. The second-order valence-electron chi connectivity index (χ2n) is 4.11. The Bertz CT molecular complexity index is 527. The zero-order chi connectivity index (χ0) is 14.5. The van der Waals surface area contributed by atoms with E-state index in [1.165, 1.54) is 24.3 Å². The highest BCUT2D eigenvalue weighted by Crippen LogP contribution is 2.15. The molecule has 0 fully saturated rings. The third kappa shape index (κ3) is 4.81. The number of unbranched alkanes of at least 4 members (excludes halogenated alkanes) is 1. The van der Waals surface area contributed by atoms with Crippen LogP contribution in [0.15, 0.2) is 29.2 Å². The number of hydrogen-bond donors (Lipinski definition) is 2. The number of carboxylic acids is 1. The molecule has 0 saturated heterocycles. The van der Waals surface area contributed by atoms with Gasteiger partial charge in [-0.3, -0.25) is 4.79 Å². The molecule has 2 N–H and O–H groups in total. The first-order valence-electron chi connectivity index (χ1n) is 5.87. The van der Waals surface area contributed by atoms with Crippen molar-refractivity contribution in [2.24, 2.45) is 0 Å². The average molecular weight is 306 g/mol. The van der Waals surface area contributed by atoms with E-state index >= 15 is 0 Å². The van der Waals surface area contributed by atoms with Crippen molar-refractivity contribution in [2.45, 2.75) is 37.1 Å². The molecule has 7 heteroatoms. The van der Waals surface area contributed by atoms with Gasteiger partial charge in [0, 0.05) is 5.02 Å². The summed E-state index contributed by atoms with van der Waals surface area (Å²) in [6, 6.07) is 4.45. The van der Waals surface area contributed by atoms with Gasteiger partial charge in [-0.05, 0) is 30.7 Å². The normalized spacial score (nSPS) is 13.2. The Morgan fingerprint density at radius 3 is 2.42 bits per heavy atom. The summed E-state index contributed by atoms with van der Waals surface area (Å²) in [7, 11) is -3.84. The van der Waals surface area contributed by atoms with Crippen LogP contribution in [0, 0.1) is 0 Å². The summed E-state index contributed by atoms with van der Waals surface area (Å²) in [5.41, 5.74) is 0. The minimum absolute atomic E-state index is 0.000325. The Hall–Kier alpha value is -1.11. The largest absolute Gasteiger partial charge is 0.480 e. The highest BCUT2D eigenvalue weighted by atomic mass is 35.5. The van der Waals surface area contributed by atoms with Gasteiger partial charge in [0.1, 0.15) is 6.04 Å². The molecule has 5 nitrogen and oxygen atoms in total. The van der Waals surface area contributed by atoms with E-state index < -0.39 is 22.0 Å². The molecule has 0 unspecified atom stereocenters. The van der Waals surface area contributed by atoms with E-state index in [1.807, 2.05) is 6.92 Å². The molecule has 0 heterocycles. The lowest BCUT2D eigenvalue weighted by atomic mass is 10.1. The third-order valence-corrected chi connectivity index (χ3v) is 4.31. The van der Waals surface area contributed by atoms with Gasteiger partial charge in [0.2, 0.25) is 10.0 Å². The molecule has 1 atom stereocenters. The maximum absolute atomic E-state index is 12.0. The van der Waals surface area contributed by atoms with Crippen molar-refractivity contribution in [3.63, 3.8) is 0 Å². The van der Waals surface area contributed by atoms with Gasteiger partial charge in [0.05, 0.1) is 4.90 Å². The fourth-order valence-electron chi connectivity index (χ4n) is 1.51. The zero-order valence-electron chi connectivity index (χ0n) is 10.5. The molecule has 1 aromatic rings. The van der Waals surface area contributed by atoms with Gasteiger partial charge >= 0.3 is 5.97 Å². The number of sulfonamides is 1. The summed E-state index contributed by atoms with van der Waals surface area (Å²) in [5, 5.41) is 9.42. The van der Waals surface area contributed by atoms with Crippen LogP contribution in [0.5, 0.6) is 0 Å². The summed E-state index contributed by atoms with van der Waals surface area (Å²) in [4.78, 5) is 11.0. The van der Waals surface area contributed by atoms with Crippen LogP contribution in [0.3, 0.4) is 0 Å². The van der Waals surface area contributed by atoms with Crippen LogP contribution in [-0.2, 0) is 14.8 Å². The van der Waals surface area contributed by atoms with Gasteiger partial charge in [0.25, 0.3) is 0 Å². The number of benzene rings is 1. The van der Waals surface area contributed by atoms with E-state index in [-0.39, 0.29) is 11.3 Å². The SMILES string of the molecule is CCCC[C@@H](NS(=O)(=O)c1ccc(Cl)cc1)C(=O)O. The van der Waals surface area contributed by atoms with E-state index in [0.717, 1.165) is 6.42 Å². The molecule has 0 amide bonds. The van der Waals surface area contributed by atoms with E-state index in [4.69, 9.17) is 16.7 Å². The molecule has 1 aromatic carbocycles. The predicted octanol–water partition coefficient (Wildman–Crippen LogP) is 2.26. The first-order chi connectivity index (χ1) is 8.86. The van der Waals surface area contributed by atoms with Gasteiger partial charge in [-0.25, -0.2) is 8.42 Å². The smallest absolute Gasteiger partial charge is 0.321 e. The zero-order valence-corrected chi connectivity index (χ0v) is 12.0. The topological polar surface area (TPSA) is 83.5 Å². The van der Waals surface area contributed by atoms with Crippen LogP contribution in [0.25, 0.3) is 0 Å². The summed E-state index contributed by atoms with van der Waals surface area (Å²) in [6.45, 7) is 1.91. The van der Waals surface area contributed by atoms with Crippen molar-refractivity contribution in [2.75, 3.05) is 0 Å². The molecule has 0 aliphatic carbocycles. The Morgan fingerprint density at radius 2 is 1.95 bits per heavy atom. The Kier molecular flexibility index (Phi) is 5.78. The molecule has 0 radical (unpaired) electrons. The average Bonchev–Trinajstić information content (AvgIpc) is 2.34. The second kappa shape index (κ2) is 6.88. The molecule has 0 aliphatic heterocycles. The maximum Gasteiger partial charge on any atom is 0.321 e. The minimum atomic E-state index is -3.84. The summed E-state index contributed by atoms with van der Waals surface area (Å²) >= 11 is 5.68. The van der Waals surface area contributed by atoms with Gasteiger partial charge < -0.3 is 5.11 Å². The van der Waals surface area contributed by atoms with Gasteiger partial charge in [-0.2, -0.15) is 4.72 Å². The monoisotopic (exact) mass is 305 g/mol. The maximum atomic E-state index is 12.0. The Labute approximate surface area is 117 Å².